The Morgan fingerprint density at radius 3 is 2.31 bits per heavy atom. The van der Waals surface area contributed by atoms with Gasteiger partial charge in [0.05, 0.1) is 0 Å². The number of thiocarbonyl (C=S) groups is 1. The van der Waals surface area contributed by atoms with Crippen LogP contribution in [0.2, 0.25) is 0 Å². The minimum absolute atomic E-state index is 0.461. The Morgan fingerprint density at radius 2 is 1.62 bits per heavy atom. The highest BCUT2D eigenvalue weighted by molar-refractivity contribution is 7.80. The molecule has 5 rings (SSSR count). The zero-order valence-corrected chi connectivity index (χ0v) is 19.8. The van der Waals surface area contributed by atoms with Crippen molar-refractivity contribution in [1.29, 1.82) is 0 Å². The molecular formula is C25H34N6S. The van der Waals surface area contributed by atoms with E-state index in [2.05, 4.69) is 57.7 Å². The summed E-state index contributed by atoms with van der Waals surface area (Å²) in [5.74, 6) is 3.25. The van der Waals surface area contributed by atoms with Gasteiger partial charge in [-0.2, -0.15) is 9.97 Å². The number of aromatic nitrogens is 2. The van der Waals surface area contributed by atoms with Crippen LogP contribution in [-0.4, -0.2) is 34.2 Å². The summed E-state index contributed by atoms with van der Waals surface area (Å²) in [6, 6.07) is 11.3. The quantitative estimate of drug-likeness (QED) is 0.646. The molecule has 6 nitrogen and oxygen atoms in total. The highest BCUT2D eigenvalue weighted by atomic mass is 32.1. The first-order valence-corrected chi connectivity index (χ1v) is 12.6. The van der Waals surface area contributed by atoms with E-state index in [1.807, 2.05) is 0 Å². The number of piperidine rings is 1. The Morgan fingerprint density at radius 1 is 0.938 bits per heavy atom. The van der Waals surface area contributed by atoms with Crippen molar-refractivity contribution in [3.63, 3.8) is 0 Å². The molecule has 0 radical (unpaired) electrons. The zero-order valence-electron chi connectivity index (χ0n) is 19.0. The third-order valence-corrected chi connectivity index (χ3v) is 7.23. The lowest BCUT2D eigenvalue weighted by molar-refractivity contribution is 0.414. The minimum Gasteiger partial charge on any atom is -0.360 e. The molecule has 1 aliphatic carbocycles. The standard InChI is InChI=1S/C25H34N6S/c1-18-8-7-13-30(15-18)22-14-23(31-16-19-9-5-6-10-20(19)17-31)28-24(27-22)29-25(32)26-21-11-3-2-4-12-21/h5-6,9-10,14,18,21H,2-4,7-8,11-13,15-17H2,1H3,(H2,26,27,28,29,32)/t18-/m0/s1. The fraction of sp³-hybridized carbons (Fsp3) is 0.560. The van der Waals surface area contributed by atoms with E-state index in [-0.39, 0.29) is 0 Å². The van der Waals surface area contributed by atoms with Crippen molar-refractivity contribution < 1.29 is 0 Å². The van der Waals surface area contributed by atoms with Crippen molar-refractivity contribution in [3.8, 4) is 0 Å². The van der Waals surface area contributed by atoms with Crippen molar-refractivity contribution in [3.05, 3.63) is 41.5 Å². The number of nitrogens with one attached hydrogen (secondary N) is 2. The van der Waals surface area contributed by atoms with Crippen molar-refractivity contribution >= 4 is 34.9 Å². The molecule has 3 heterocycles. The van der Waals surface area contributed by atoms with Gasteiger partial charge in [-0.1, -0.05) is 50.5 Å². The monoisotopic (exact) mass is 450 g/mol. The van der Waals surface area contributed by atoms with Crippen LogP contribution in [0, 0.1) is 5.92 Å². The molecule has 170 valence electrons. The second kappa shape index (κ2) is 9.61. The molecule has 1 atom stereocenters. The Balaban J connectivity index is 1.37. The average molecular weight is 451 g/mol. The summed E-state index contributed by atoms with van der Waals surface area (Å²) in [7, 11) is 0. The lowest BCUT2D eigenvalue weighted by Crippen LogP contribution is -2.39. The van der Waals surface area contributed by atoms with Gasteiger partial charge in [0.25, 0.3) is 0 Å². The van der Waals surface area contributed by atoms with Gasteiger partial charge in [-0.3, -0.25) is 0 Å². The third-order valence-electron chi connectivity index (χ3n) is 7.01. The molecule has 0 bridgehead atoms. The van der Waals surface area contributed by atoms with Crippen LogP contribution in [0.25, 0.3) is 0 Å². The van der Waals surface area contributed by atoms with Gasteiger partial charge in [0.2, 0.25) is 5.95 Å². The van der Waals surface area contributed by atoms with E-state index in [1.54, 1.807) is 0 Å². The largest absolute Gasteiger partial charge is 0.360 e. The summed E-state index contributed by atoms with van der Waals surface area (Å²) in [6.45, 7) is 6.18. The number of fused-ring (bicyclic) bond motifs is 1. The molecule has 2 aliphatic heterocycles. The first kappa shape index (κ1) is 21.4. The highest BCUT2D eigenvalue weighted by Gasteiger charge is 2.24. The van der Waals surface area contributed by atoms with Crippen LogP contribution in [0.15, 0.2) is 30.3 Å². The van der Waals surface area contributed by atoms with E-state index in [0.29, 0.717) is 23.0 Å². The molecular weight excluding hydrogens is 416 g/mol. The van der Waals surface area contributed by atoms with Gasteiger partial charge in [-0.05, 0) is 54.9 Å². The van der Waals surface area contributed by atoms with Gasteiger partial charge in [0, 0.05) is 38.3 Å². The summed E-state index contributed by atoms with van der Waals surface area (Å²) in [5, 5.41) is 7.44. The summed E-state index contributed by atoms with van der Waals surface area (Å²) in [5.41, 5.74) is 2.76. The molecule has 1 saturated carbocycles. The molecule has 32 heavy (non-hydrogen) atoms. The number of anilines is 3. The molecule has 2 aromatic rings. The molecule has 1 aromatic carbocycles. The Hall–Kier alpha value is -2.41. The SMILES string of the molecule is C[C@H]1CCCN(c2cc(N3Cc4ccccc4C3)nc(NC(=S)NC3CCCCC3)n2)C1. The molecule has 0 amide bonds. The van der Waals surface area contributed by atoms with E-state index >= 15 is 0 Å². The number of rotatable bonds is 4. The molecule has 0 unspecified atom stereocenters. The van der Waals surface area contributed by atoms with Crippen LogP contribution in [0.5, 0.6) is 0 Å². The smallest absolute Gasteiger partial charge is 0.232 e. The lowest BCUT2D eigenvalue weighted by atomic mass is 9.96. The van der Waals surface area contributed by atoms with E-state index in [4.69, 9.17) is 22.2 Å². The molecule has 0 spiro atoms. The van der Waals surface area contributed by atoms with Crippen molar-refractivity contribution in [2.75, 3.05) is 28.2 Å². The topological polar surface area (TPSA) is 56.3 Å². The maximum Gasteiger partial charge on any atom is 0.232 e. The van der Waals surface area contributed by atoms with Crippen LogP contribution < -0.4 is 20.4 Å². The Labute approximate surface area is 196 Å². The summed E-state index contributed by atoms with van der Waals surface area (Å²) < 4.78 is 0. The van der Waals surface area contributed by atoms with E-state index in [9.17, 15) is 0 Å². The maximum atomic E-state index is 5.64. The van der Waals surface area contributed by atoms with Crippen molar-refractivity contribution in [2.45, 2.75) is 71.0 Å². The van der Waals surface area contributed by atoms with Crippen molar-refractivity contribution in [1.82, 2.24) is 15.3 Å². The van der Waals surface area contributed by atoms with Gasteiger partial charge in [0.1, 0.15) is 11.6 Å². The first-order valence-electron chi connectivity index (χ1n) is 12.2. The summed E-state index contributed by atoms with van der Waals surface area (Å²) in [6.07, 6.45) is 8.76. The fourth-order valence-corrected chi connectivity index (χ4v) is 5.52. The van der Waals surface area contributed by atoms with Crippen LogP contribution >= 0.6 is 12.2 Å². The van der Waals surface area contributed by atoms with Gasteiger partial charge in [-0.15, -0.1) is 0 Å². The molecule has 2 N–H and O–H groups in total. The second-order valence-corrected chi connectivity index (χ2v) is 10.1. The summed E-state index contributed by atoms with van der Waals surface area (Å²) >= 11 is 5.64. The number of benzene rings is 1. The maximum absolute atomic E-state index is 5.64. The number of hydrogen-bond donors (Lipinski definition) is 2. The normalized spacial score (nSPS) is 21.3. The van der Waals surface area contributed by atoms with Crippen LogP contribution in [-0.2, 0) is 13.1 Å². The fourth-order valence-electron chi connectivity index (χ4n) is 5.26. The lowest BCUT2D eigenvalue weighted by Gasteiger charge is -2.32. The number of nitrogens with zero attached hydrogens (tertiary/aromatic N) is 4. The minimum atomic E-state index is 0.461. The van der Waals surface area contributed by atoms with Crippen LogP contribution in [0.4, 0.5) is 17.6 Å². The highest BCUT2D eigenvalue weighted by Crippen LogP contribution is 2.31. The molecule has 2 fully saturated rings. The molecule has 1 aromatic heterocycles. The molecule has 3 aliphatic rings. The van der Waals surface area contributed by atoms with Crippen molar-refractivity contribution in [2.24, 2.45) is 5.92 Å². The predicted molar refractivity (Wildman–Crippen MR) is 135 cm³/mol. The van der Waals surface area contributed by atoms with Gasteiger partial charge in [0.15, 0.2) is 5.11 Å². The predicted octanol–water partition coefficient (Wildman–Crippen LogP) is 4.85. The second-order valence-electron chi connectivity index (χ2n) is 9.66. The average Bonchev–Trinajstić information content (AvgIpc) is 3.24. The van der Waals surface area contributed by atoms with E-state index in [1.165, 1.54) is 56.1 Å². The van der Waals surface area contributed by atoms with E-state index < -0.39 is 0 Å². The van der Waals surface area contributed by atoms with Gasteiger partial charge < -0.3 is 20.4 Å². The summed E-state index contributed by atoms with van der Waals surface area (Å²) in [4.78, 5) is 14.5. The van der Waals surface area contributed by atoms with Crippen LogP contribution in [0.3, 0.4) is 0 Å². The van der Waals surface area contributed by atoms with E-state index in [0.717, 1.165) is 37.8 Å². The molecule has 1 saturated heterocycles. The van der Waals surface area contributed by atoms with Gasteiger partial charge >= 0.3 is 0 Å². The third kappa shape index (κ3) is 4.98. The Bertz CT molecular complexity index is 932. The Kier molecular flexibility index (Phi) is 6.44. The number of hydrogen-bond acceptors (Lipinski definition) is 5. The van der Waals surface area contributed by atoms with Gasteiger partial charge in [-0.25, -0.2) is 0 Å². The molecule has 7 heteroatoms. The zero-order chi connectivity index (χ0) is 21.9. The van der Waals surface area contributed by atoms with Crippen LogP contribution in [0.1, 0.15) is 63.0 Å². The first-order chi connectivity index (χ1) is 15.6.